The average molecular weight is 293 g/mol. The smallest absolute Gasteiger partial charge is 0.0931 e. The van der Waals surface area contributed by atoms with E-state index in [1.807, 2.05) is 24.0 Å². The highest BCUT2D eigenvalue weighted by Crippen LogP contribution is 2.32. The van der Waals surface area contributed by atoms with Crippen LogP contribution in [0.1, 0.15) is 24.3 Å². The Kier molecular flexibility index (Phi) is 7.14. The van der Waals surface area contributed by atoms with Crippen LogP contribution in [0.3, 0.4) is 0 Å². The number of hydrogen-bond acceptors (Lipinski definition) is 5. The van der Waals surface area contributed by atoms with E-state index in [4.69, 9.17) is 27.5 Å². The van der Waals surface area contributed by atoms with Crippen LogP contribution in [0, 0.1) is 0 Å². The van der Waals surface area contributed by atoms with Crippen molar-refractivity contribution in [3.63, 3.8) is 0 Å². The maximum absolute atomic E-state index is 9.13. The van der Waals surface area contributed by atoms with Crippen LogP contribution in [0.5, 0.6) is 0 Å². The van der Waals surface area contributed by atoms with Gasteiger partial charge in [0.25, 0.3) is 0 Å². The second kappa shape index (κ2) is 8.09. The first kappa shape index (κ1) is 15.9. The molecule has 1 rings (SSSR count). The molecule has 104 valence electrons. The Morgan fingerprint density at radius 2 is 1.94 bits per heavy atom. The molecule has 4 N–H and O–H groups in total. The Morgan fingerprint density at radius 3 is 2.33 bits per heavy atom. The minimum Gasteiger partial charge on any atom is -0.395 e. The van der Waals surface area contributed by atoms with Crippen molar-refractivity contribution in [1.82, 2.24) is 4.90 Å². The maximum Gasteiger partial charge on any atom is 0.0931 e. The van der Waals surface area contributed by atoms with E-state index >= 15 is 0 Å². The molecule has 2 atom stereocenters. The minimum absolute atomic E-state index is 0.00759. The van der Waals surface area contributed by atoms with Crippen molar-refractivity contribution in [2.45, 2.75) is 25.4 Å². The summed E-state index contributed by atoms with van der Waals surface area (Å²) >= 11 is 7.47. The van der Waals surface area contributed by atoms with Gasteiger partial charge in [0.1, 0.15) is 0 Å². The largest absolute Gasteiger partial charge is 0.395 e. The highest BCUT2D eigenvalue weighted by Gasteiger charge is 2.26. The zero-order valence-electron chi connectivity index (χ0n) is 10.6. The molecular weight excluding hydrogens is 272 g/mol. The van der Waals surface area contributed by atoms with Crippen LogP contribution in [-0.4, -0.2) is 47.5 Å². The number of aliphatic hydroxyl groups excluding tert-OH is 2. The predicted molar refractivity (Wildman–Crippen MR) is 76.1 cm³/mol. The molecule has 1 heterocycles. The molecule has 6 heteroatoms. The Labute approximate surface area is 117 Å². The van der Waals surface area contributed by atoms with Gasteiger partial charge in [0.15, 0.2) is 0 Å². The summed E-state index contributed by atoms with van der Waals surface area (Å²) in [4.78, 5) is 3.09. The standard InChI is InChI=1S/C12H21ClN2O2S/c1-2-9(14)12(10-3-4-11(13)18-10)15(5-7-16)6-8-17/h3-4,9,12,16-17H,2,5-8,14H2,1H3. The Hall–Kier alpha value is -0.170. The van der Waals surface area contributed by atoms with Crippen LogP contribution in [0.4, 0.5) is 0 Å². The maximum atomic E-state index is 9.13. The Bertz CT molecular complexity index is 343. The molecule has 1 aromatic heterocycles. The number of nitrogens with zero attached hydrogens (tertiary/aromatic N) is 1. The molecule has 0 aliphatic heterocycles. The number of halogens is 1. The molecule has 0 amide bonds. The number of nitrogens with two attached hydrogens (primary N) is 1. The summed E-state index contributed by atoms with van der Waals surface area (Å²) in [6, 6.07) is 3.77. The topological polar surface area (TPSA) is 69.7 Å². The zero-order valence-corrected chi connectivity index (χ0v) is 12.1. The van der Waals surface area contributed by atoms with Gasteiger partial charge in [-0.25, -0.2) is 0 Å². The lowest BCUT2D eigenvalue weighted by Gasteiger charge is -2.33. The molecule has 0 spiro atoms. The molecule has 0 fully saturated rings. The molecule has 4 nitrogen and oxygen atoms in total. The van der Waals surface area contributed by atoms with Crippen molar-refractivity contribution in [1.29, 1.82) is 0 Å². The normalized spacial score (nSPS) is 15.0. The zero-order chi connectivity index (χ0) is 13.5. The molecule has 0 aliphatic rings. The molecule has 0 bridgehead atoms. The first-order valence-corrected chi connectivity index (χ1v) is 7.30. The molecule has 2 unspecified atom stereocenters. The Morgan fingerprint density at radius 1 is 1.33 bits per heavy atom. The van der Waals surface area contributed by atoms with Crippen molar-refractivity contribution < 1.29 is 10.2 Å². The van der Waals surface area contributed by atoms with Gasteiger partial charge in [-0.3, -0.25) is 4.90 Å². The van der Waals surface area contributed by atoms with Crippen LogP contribution < -0.4 is 5.73 Å². The second-order valence-corrected chi connectivity index (χ2v) is 5.89. The monoisotopic (exact) mass is 292 g/mol. The highest BCUT2D eigenvalue weighted by molar-refractivity contribution is 7.16. The highest BCUT2D eigenvalue weighted by atomic mass is 35.5. The van der Waals surface area contributed by atoms with Gasteiger partial charge >= 0.3 is 0 Å². The van der Waals surface area contributed by atoms with Gasteiger partial charge in [-0.15, -0.1) is 11.3 Å². The second-order valence-electron chi connectivity index (χ2n) is 4.14. The van der Waals surface area contributed by atoms with Gasteiger partial charge in [-0.05, 0) is 18.6 Å². The van der Waals surface area contributed by atoms with Gasteiger partial charge < -0.3 is 15.9 Å². The van der Waals surface area contributed by atoms with E-state index in [9.17, 15) is 0 Å². The van der Waals surface area contributed by atoms with Gasteiger partial charge in [-0.1, -0.05) is 18.5 Å². The fraction of sp³-hybridized carbons (Fsp3) is 0.667. The third-order valence-corrected chi connectivity index (χ3v) is 4.23. The van der Waals surface area contributed by atoms with Crippen LogP contribution in [0.15, 0.2) is 12.1 Å². The lowest BCUT2D eigenvalue weighted by atomic mass is 10.0. The van der Waals surface area contributed by atoms with Crippen LogP contribution in [0.2, 0.25) is 4.34 Å². The van der Waals surface area contributed by atoms with Crippen molar-refractivity contribution in [2.75, 3.05) is 26.3 Å². The summed E-state index contributed by atoms with van der Waals surface area (Å²) in [7, 11) is 0. The molecule has 1 aromatic rings. The van der Waals surface area contributed by atoms with Crippen LogP contribution in [-0.2, 0) is 0 Å². The molecule has 0 aromatic carbocycles. The van der Waals surface area contributed by atoms with Crippen molar-refractivity contribution in [3.8, 4) is 0 Å². The summed E-state index contributed by atoms with van der Waals surface area (Å²) < 4.78 is 0.728. The van der Waals surface area contributed by atoms with E-state index in [0.717, 1.165) is 15.6 Å². The van der Waals surface area contributed by atoms with E-state index in [0.29, 0.717) is 13.1 Å². The quantitative estimate of drug-likeness (QED) is 0.679. The van der Waals surface area contributed by atoms with E-state index < -0.39 is 0 Å². The van der Waals surface area contributed by atoms with Crippen LogP contribution in [0.25, 0.3) is 0 Å². The fourth-order valence-electron chi connectivity index (χ4n) is 2.02. The molecular formula is C12H21ClN2O2S. The first-order chi connectivity index (χ1) is 8.63. The van der Waals surface area contributed by atoms with Crippen LogP contribution >= 0.6 is 22.9 Å². The molecule has 0 radical (unpaired) electrons. The van der Waals surface area contributed by atoms with Gasteiger partial charge in [0.2, 0.25) is 0 Å². The molecule has 0 saturated carbocycles. The molecule has 18 heavy (non-hydrogen) atoms. The van der Waals surface area contributed by atoms with E-state index in [1.165, 1.54) is 11.3 Å². The summed E-state index contributed by atoms with van der Waals surface area (Å²) in [6.07, 6.45) is 0.827. The number of hydrogen-bond donors (Lipinski definition) is 3. The fourth-order valence-corrected chi connectivity index (χ4v) is 3.29. The van der Waals surface area contributed by atoms with Gasteiger partial charge in [-0.2, -0.15) is 0 Å². The summed E-state index contributed by atoms with van der Waals surface area (Å²) in [5, 5.41) is 18.3. The lowest BCUT2D eigenvalue weighted by molar-refractivity contribution is 0.109. The van der Waals surface area contributed by atoms with E-state index in [-0.39, 0.29) is 25.3 Å². The third-order valence-electron chi connectivity index (χ3n) is 2.93. The Balaban J connectivity index is 2.94. The summed E-state index contributed by atoms with van der Waals surface area (Å²) in [5.74, 6) is 0. The van der Waals surface area contributed by atoms with E-state index in [2.05, 4.69) is 0 Å². The first-order valence-electron chi connectivity index (χ1n) is 6.10. The van der Waals surface area contributed by atoms with Gasteiger partial charge in [0.05, 0.1) is 23.6 Å². The molecule has 0 saturated heterocycles. The SMILES string of the molecule is CCC(N)C(c1ccc(Cl)s1)N(CCO)CCO. The van der Waals surface area contributed by atoms with Gasteiger partial charge in [0, 0.05) is 24.0 Å². The molecule has 0 aliphatic carbocycles. The third kappa shape index (κ3) is 4.19. The minimum atomic E-state index is -0.0437. The van der Waals surface area contributed by atoms with Crippen molar-refractivity contribution in [2.24, 2.45) is 5.73 Å². The average Bonchev–Trinajstić information content (AvgIpc) is 2.76. The van der Waals surface area contributed by atoms with Crippen molar-refractivity contribution >= 4 is 22.9 Å². The predicted octanol–water partition coefficient (Wildman–Crippen LogP) is 1.47. The number of aliphatic hydroxyl groups is 2. The van der Waals surface area contributed by atoms with E-state index in [1.54, 1.807) is 0 Å². The number of thiophene rings is 1. The summed E-state index contributed by atoms with van der Waals surface area (Å²) in [5.41, 5.74) is 6.18. The number of rotatable bonds is 8. The summed E-state index contributed by atoms with van der Waals surface area (Å²) in [6.45, 7) is 3.12. The van der Waals surface area contributed by atoms with Crippen molar-refractivity contribution in [3.05, 3.63) is 21.3 Å². The lowest BCUT2D eigenvalue weighted by Crippen LogP contribution is -2.43.